The Labute approximate surface area is 166 Å². The van der Waals surface area contributed by atoms with Crippen LogP contribution in [0.3, 0.4) is 0 Å². The molecule has 0 bridgehead atoms. The van der Waals surface area contributed by atoms with Crippen LogP contribution < -0.4 is 16.0 Å². The number of amides is 3. The second-order valence-electron chi connectivity index (χ2n) is 5.33. The van der Waals surface area contributed by atoms with E-state index in [1.165, 1.54) is 12.1 Å². The van der Waals surface area contributed by atoms with Crippen LogP contribution in [-0.2, 0) is 14.3 Å². The minimum absolute atomic E-state index is 0.0687. The quantitative estimate of drug-likeness (QED) is 0.607. The maximum absolute atomic E-state index is 11.8. The normalized spacial score (nSPS) is 10.0. The van der Waals surface area contributed by atoms with Crippen LogP contribution in [0.4, 0.5) is 16.2 Å². The van der Waals surface area contributed by atoms with Crippen molar-refractivity contribution in [2.24, 2.45) is 0 Å². The van der Waals surface area contributed by atoms with E-state index >= 15 is 0 Å². The van der Waals surface area contributed by atoms with Crippen LogP contribution in [0.2, 0.25) is 10.0 Å². The van der Waals surface area contributed by atoms with Gasteiger partial charge in [0.25, 0.3) is 5.91 Å². The van der Waals surface area contributed by atoms with Gasteiger partial charge in [-0.15, -0.1) is 0 Å². The lowest BCUT2D eigenvalue weighted by atomic mass is 10.3. The third-order valence-electron chi connectivity index (χ3n) is 3.21. The fourth-order valence-electron chi connectivity index (χ4n) is 1.97. The van der Waals surface area contributed by atoms with Crippen molar-refractivity contribution >= 4 is 52.5 Å². The van der Waals surface area contributed by atoms with Gasteiger partial charge in [-0.3, -0.25) is 9.59 Å². The van der Waals surface area contributed by atoms with Gasteiger partial charge in [0.2, 0.25) is 0 Å². The molecule has 9 heteroatoms. The Morgan fingerprint density at radius 2 is 1.70 bits per heavy atom. The van der Waals surface area contributed by atoms with Crippen molar-refractivity contribution in [1.82, 2.24) is 5.32 Å². The fourth-order valence-corrected chi connectivity index (χ4v) is 2.31. The minimum Gasteiger partial charge on any atom is -0.456 e. The van der Waals surface area contributed by atoms with Crippen LogP contribution >= 0.6 is 23.2 Å². The van der Waals surface area contributed by atoms with Gasteiger partial charge in [0, 0.05) is 17.3 Å². The first-order valence-corrected chi connectivity index (χ1v) is 8.70. The smallest absolute Gasteiger partial charge is 0.319 e. The summed E-state index contributed by atoms with van der Waals surface area (Å²) in [6.07, 6.45) is -0.0760. The molecule has 0 saturated heterocycles. The molecule has 0 radical (unpaired) electrons. The van der Waals surface area contributed by atoms with Crippen LogP contribution in [-0.4, -0.2) is 31.1 Å². The lowest BCUT2D eigenvalue weighted by molar-refractivity contribution is -0.147. The van der Waals surface area contributed by atoms with Crippen LogP contribution in [0.25, 0.3) is 0 Å². The summed E-state index contributed by atoms with van der Waals surface area (Å²) in [7, 11) is 0. The van der Waals surface area contributed by atoms with Crippen molar-refractivity contribution < 1.29 is 19.1 Å². The van der Waals surface area contributed by atoms with Crippen LogP contribution in [0.15, 0.2) is 48.5 Å². The van der Waals surface area contributed by atoms with Crippen LogP contribution in [0.5, 0.6) is 0 Å². The summed E-state index contributed by atoms with van der Waals surface area (Å²) in [5, 5.41) is 8.35. The van der Waals surface area contributed by atoms with E-state index in [0.717, 1.165) is 0 Å². The molecule has 0 aliphatic heterocycles. The Morgan fingerprint density at radius 1 is 0.963 bits per heavy atom. The largest absolute Gasteiger partial charge is 0.456 e. The number of benzene rings is 2. The predicted molar refractivity (Wildman–Crippen MR) is 104 cm³/mol. The SMILES string of the molecule is O=C(COC(=O)CCNC(=O)Nc1ccccc1)Nc1cc(Cl)ccc1Cl. The highest BCUT2D eigenvalue weighted by molar-refractivity contribution is 6.35. The van der Waals surface area contributed by atoms with Crippen molar-refractivity contribution in [3.05, 3.63) is 58.6 Å². The molecule has 0 heterocycles. The number of rotatable bonds is 7. The van der Waals surface area contributed by atoms with E-state index in [9.17, 15) is 14.4 Å². The van der Waals surface area contributed by atoms with Gasteiger partial charge in [-0.1, -0.05) is 41.4 Å². The highest BCUT2D eigenvalue weighted by atomic mass is 35.5. The second-order valence-corrected chi connectivity index (χ2v) is 6.17. The molecule has 27 heavy (non-hydrogen) atoms. The maximum Gasteiger partial charge on any atom is 0.319 e. The average molecular weight is 410 g/mol. The number of anilines is 2. The van der Waals surface area contributed by atoms with Gasteiger partial charge in [-0.05, 0) is 30.3 Å². The summed E-state index contributed by atoms with van der Waals surface area (Å²) in [5.74, 6) is -1.18. The number of urea groups is 1. The molecule has 2 aromatic carbocycles. The number of para-hydroxylation sites is 1. The number of ether oxygens (including phenoxy) is 1. The Bertz CT molecular complexity index is 816. The molecule has 3 N–H and O–H groups in total. The molecular formula is C18H17Cl2N3O4. The first-order chi connectivity index (χ1) is 12.9. The number of carbonyl (C=O) groups is 3. The standard InChI is InChI=1S/C18H17Cl2N3O4/c19-12-6-7-14(20)15(10-12)23-16(24)11-27-17(25)8-9-21-18(26)22-13-4-2-1-3-5-13/h1-7,10H,8-9,11H2,(H,23,24)(H2,21,22,26). The highest BCUT2D eigenvalue weighted by Gasteiger charge is 2.10. The van der Waals surface area contributed by atoms with E-state index in [-0.39, 0.29) is 13.0 Å². The number of hydrogen-bond acceptors (Lipinski definition) is 4. The molecule has 0 aliphatic carbocycles. The average Bonchev–Trinajstić information content (AvgIpc) is 2.64. The topological polar surface area (TPSA) is 96.5 Å². The monoisotopic (exact) mass is 409 g/mol. The molecule has 0 aromatic heterocycles. The zero-order valence-corrected chi connectivity index (χ0v) is 15.6. The zero-order chi connectivity index (χ0) is 19.6. The van der Waals surface area contributed by atoms with E-state index < -0.39 is 24.5 Å². The minimum atomic E-state index is -0.623. The van der Waals surface area contributed by atoms with Gasteiger partial charge in [-0.25, -0.2) is 4.79 Å². The summed E-state index contributed by atoms with van der Waals surface area (Å²) in [5.41, 5.74) is 0.957. The van der Waals surface area contributed by atoms with Gasteiger partial charge in [-0.2, -0.15) is 0 Å². The molecule has 0 fully saturated rings. The van der Waals surface area contributed by atoms with Crippen molar-refractivity contribution in [1.29, 1.82) is 0 Å². The molecule has 0 spiro atoms. The van der Waals surface area contributed by atoms with Crippen molar-refractivity contribution in [2.75, 3.05) is 23.8 Å². The molecule has 0 atom stereocenters. The molecule has 0 saturated carbocycles. The Balaban J connectivity index is 1.65. The molecule has 0 unspecified atom stereocenters. The lowest BCUT2D eigenvalue weighted by Gasteiger charge is -2.09. The number of esters is 1. The van der Waals surface area contributed by atoms with E-state index in [4.69, 9.17) is 27.9 Å². The second kappa shape index (κ2) is 10.4. The van der Waals surface area contributed by atoms with Crippen molar-refractivity contribution in [2.45, 2.75) is 6.42 Å². The van der Waals surface area contributed by atoms with Gasteiger partial charge in [0.1, 0.15) is 0 Å². The molecule has 3 amide bonds. The predicted octanol–water partition coefficient (Wildman–Crippen LogP) is 3.69. The van der Waals surface area contributed by atoms with E-state index in [1.54, 1.807) is 30.3 Å². The molecule has 0 aliphatic rings. The first-order valence-electron chi connectivity index (χ1n) is 7.94. The molecular weight excluding hydrogens is 393 g/mol. The summed E-state index contributed by atoms with van der Waals surface area (Å²) in [6.45, 7) is -0.406. The molecule has 2 rings (SSSR count). The highest BCUT2D eigenvalue weighted by Crippen LogP contribution is 2.25. The number of nitrogens with one attached hydrogen (secondary N) is 3. The van der Waals surface area contributed by atoms with Gasteiger partial charge in [0.15, 0.2) is 6.61 Å². The number of carbonyl (C=O) groups excluding carboxylic acids is 3. The van der Waals surface area contributed by atoms with E-state index in [2.05, 4.69) is 16.0 Å². The zero-order valence-electron chi connectivity index (χ0n) is 14.1. The Morgan fingerprint density at radius 3 is 2.44 bits per heavy atom. The lowest BCUT2D eigenvalue weighted by Crippen LogP contribution is -2.31. The summed E-state index contributed by atoms with van der Waals surface area (Å²) >= 11 is 11.8. The number of halogens is 2. The fraction of sp³-hybridized carbons (Fsp3) is 0.167. The molecule has 142 valence electrons. The third-order valence-corrected chi connectivity index (χ3v) is 3.78. The first kappa shape index (κ1) is 20.5. The maximum atomic E-state index is 11.8. The summed E-state index contributed by atoms with van der Waals surface area (Å²) < 4.78 is 4.85. The third kappa shape index (κ3) is 7.55. The molecule has 2 aromatic rings. The van der Waals surface area contributed by atoms with Crippen LogP contribution in [0, 0.1) is 0 Å². The van der Waals surface area contributed by atoms with Crippen molar-refractivity contribution in [3.63, 3.8) is 0 Å². The Kier molecular flexibility index (Phi) is 7.91. The van der Waals surface area contributed by atoms with Gasteiger partial charge in [0.05, 0.1) is 17.1 Å². The van der Waals surface area contributed by atoms with E-state index in [1.807, 2.05) is 6.07 Å². The summed E-state index contributed by atoms with van der Waals surface area (Å²) in [6, 6.07) is 13.0. The molecule has 7 nitrogen and oxygen atoms in total. The van der Waals surface area contributed by atoms with Crippen molar-refractivity contribution in [3.8, 4) is 0 Å². The Hall–Kier alpha value is -2.77. The number of hydrogen-bond donors (Lipinski definition) is 3. The van der Waals surface area contributed by atoms with Crippen LogP contribution in [0.1, 0.15) is 6.42 Å². The van der Waals surface area contributed by atoms with E-state index in [0.29, 0.717) is 21.4 Å². The van der Waals surface area contributed by atoms with Gasteiger partial charge < -0.3 is 20.7 Å². The van der Waals surface area contributed by atoms with Gasteiger partial charge >= 0.3 is 12.0 Å². The summed E-state index contributed by atoms with van der Waals surface area (Å²) in [4.78, 5) is 35.1.